The molecule has 0 spiro atoms. The minimum atomic E-state index is -0.507. The van der Waals surface area contributed by atoms with Gasteiger partial charge in [0.2, 0.25) is 5.89 Å². The molecule has 0 aliphatic carbocycles. The van der Waals surface area contributed by atoms with E-state index < -0.39 is 4.92 Å². The fraction of sp³-hybridized carbons (Fsp3) is 0. The van der Waals surface area contributed by atoms with Gasteiger partial charge >= 0.3 is 0 Å². The molecule has 27 heavy (non-hydrogen) atoms. The molecule has 0 radical (unpaired) electrons. The molecule has 0 fully saturated rings. The van der Waals surface area contributed by atoms with Gasteiger partial charge in [0.25, 0.3) is 11.6 Å². The van der Waals surface area contributed by atoms with Gasteiger partial charge in [-0.2, -0.15) is 0 Å². The first-order valence-corrected chi connectivity index (χ1v) is 8.12. The molecule has 1 aromatic heterocycles. The number of hydrogen-bond donors (Lipinski definition) is 1. The van der Waals surface area contributed by atoms with Gasteiger partial charge in [0.15, 0.2) is 5.58 Å². The second-order valence-electron chi connectivity index (χ2n) is 5.82. The van der Waals surface area contributed by atoms with Crippen molar-refractivity contribution in [2.75, 3.05) is 5.32 Å². The molecule has 0 unspecified atom stereocenters. The Morgan fingerprint density at radius 1 is 0.963 bits per heavy atom. The summed E-state index contributed by atoms with van der Waals surface area (Å²) >= 11 is 0. The van der Waals surface area contributed by atoms with E-state index in [0.29, 0.717) is 22.7 Å². The highest BCUT2D eigenvalue weighted by Crippen LogP contribution is 2.25. The van der Waals surface area contributed by atoms with Crippen LogP contribution in [0.15, 0.2) is 77.2 Å². The van der Waals surface area contributed by atoms with Crippen LogP contribution >= 0.6 is 0 Å². The van der Waals surface area contributed by atoms with Gasteiger partial charge in [-0.25, -0.2) is 4.98 Å². The molecule has 0 aliphatic heterocycles. The lowest BCUT2D eigenvalue weighted by Gasteiger charge is -2.05. The SMILES string of the molecule is O=C(Nc1ccc(-c2nc3ccccc3o2)cc1)c1ccc([N+](=O)[O-])cc1. The molecule has 4 aromatic rings. The number of nitro benzene ring substituents is 1. The van der Waals surface area contributed by atoms with Gasteiger partial charge in [-0.05, 0) is 48.5 Å². The maximum Gasteiger partial charge on any atom is 0.269 e. The molecule has 7 heteroatoms. The Bertz CT molecular complexity index is 1100. The second-order valence-corrected chi connectivity index (χ2v) is 5.82. The average Bonchev–Trinajstić information content (AvgIpc) is 3.13. The average molecular weight is 359 g/mol. The molecule has 4 rings (SSSR count). The zero-order valence-corrected chi connectivity index (χ0v) is 14.0. The second kappa shape index (κ2) is 6.72. The first kappa shape index (κ1) is 16.5. The van der Waals surface area contributed by atoms with Crippen LogP contribution in [0.3, 0.4) is 0 Å². The molecule has 7 nitrogen and oxygen atoms in total. The first-order chi connectivity index (χ1) is 13.1. The largest absolute Gasteiger partial charge is 0.436 e. The van der Waals surface area contributed by atoms with Crippen LogP contribution in [0.2, 0.25) is 0 Å². The fourth-order valence-corrected chi connectivity index (χ4v) is 2.63. The Balaban J connectivity index is 1.50. The Morgan fingerprint density at radius 3 is 2.33 bits per heavy atom. The monoisotopic (exact) mass is 359 g/mol. The van der Waals surface area contributed by atoms with E-state index in [-0.39, 0.29) is 11.6 Å². The number of anilines is 1. The third-order valence-corrected chi connectivity index (χ3v) is 4.02. The van der Waals surface area contributed by atoms with Crippen LogP contribution < -0.4 is 5.32 Å². The minimum absolute atomic E-state index is 0.0609. The number of carbonyl (C=O) groups is 1. The molecule has 0 saturated heterocycles. The summed E-state index contributed by atoms with van der Waals surface area (Å²) in [6.07, 6.45) is 0. The van der Waals surface area contributed by atoms with Gasteiger partial charge in [-0.3, -0.25) is 14.9 Å². The fourth-order valence-electron chi connectivity index (χ4n) is 2.63. The van der Waals surface area contributed by atoms with Gasteiger partial charge in [0.1, 0.15) is 5.52 Å². The lowest BCUT2D eigenvalue weighted by Crippen LogP contribution is -2.11. The third-order valence-electron chi connectivity index (χ3n) is 4.02. The van der Waals surface area contributed by atoms with Crippen LogP contribution in [0.5, 0.6) is 0 Å². The number of rotatable bonds is 4. The number of para-hydroxylation sites is 2. The molecular formula is C20H13N3O4. The quantitative estimate of drug-likeness (QED) is 0.422. The molecule has 1 heterocycles. The molecule has 0 atom stereocenters. The van der Waals surface area contributed by atoms with E-state index >= 15 is 0 Å². The summed E-state index contributed by atoms with van der Waals surface area (Å²) in [7, 11) is 0. The number of oxazole rings is 1. The van der Waals surface area contributed by atoms with E-state index in [2.05, 4.69) is 10.3 Å². The topological polar surface area (TPSA) is 98.3 Å². The summed E-state index contributed by atoms with van der Waals surface area (Å²) in [6, 6.07) is 20.0. The molecule has 0 bridgehead atoms. The van der Waals surface area contributed by atoms with E-state index in [1.807, 2.05) is 24.3 Å². The summed E-state index contributed by atoms with van der Waals surface area (Å²) in [6.45, 7) is 0. The summed E-state index contributed by atoms with van der Waals surface area (Å²) in [5.41, 5.74) is 3.15. The standard InChI is InChI=1S/C20H13N3O4/c24-19(13-7-11-16(12-8-13)23(25)26)21-15-9-5-14(6-10-15)20-22-17-3-1-2-4-18(17)27-20/h1-12H,(H,21,24). The van der Waals surface area contributed by atoms with Gasteiger partial charge < -0.3 is 9.73 Å². The van der Waals surface area contributed by atoms with Crippen molar-refractivity contribution < 1.29 is 14.1 Å². The molecule has 0 aliphatic rings. The lowest BCUT2D eigenvalue weighted by molar-refractivity contribution is -0.384. The maximum atomic E-state index is 12.3. The van der Waals surface area contributed by atoms with E-state index in [1.165, 1.54) is 24.3 Å². The van der Waals surface area contributed by atoms with Crippen molar-refractivity contribution >= 4 is 28.4 Å². The number of non-ortho nitro benzene ring substituents is 1. The van der Waals surface area contributed by atoms with Crippen molar-refractivity contribution in [1.29, 1.82) is 0 Å². The van der Waals surface area contributed by atoms with Crippen molar-refractivity contribution in [2.45, 2.75) is 0 Å². The summed E-state index contributed by atoms with van der Waals surface area (Å²) in [4.78, 5) is 26.9. The molecule has 132 valence electrons. The highest BCUT2D eigenvalue weighted by atomic mass is 16.6. The normalized spacial score (nSPS) is 10.7. The molecule has 3 aromatic carbocycles. The number of nitrogens with zero attached hydrogens (tertiary/aromatic N) is 2. The van der Waals surface area contributed by atoms with Gasteiger partial charge in [-0.15, -0.1) is 0 Å². The molecule has 0 saturated carbocycles. The van der Waals surface area contributed by atoms with Gasteiger partial charge in [-0.1, -0.05) is 12.1 Å². The van der Waals surface area contributed by atoms with E-state index in [0.717, 1.165) is 11.1 Å². The van der Waals surface area contributed by atoms with Gasteiger partial charge in [0, 0.05) is 28.9 Å². The third kappa shape index (κ3) is 3.38. The van der Waals surface area contributed by atoms with E-state index in [4.69, 9.17) is 4.42 Å². The number of nitro groups is 1. The van der Waals surface area contributed by atoms with Crippen LogP contribution in [0.1, 0.15) is 10.4 Å². The molecular weight excluding hydrogens is 346 g/mol. The van der Waals surface area contributed by atoms with Crippen LogP contribution in [-0.4, -0.2) is 15.8 Å². The van der Waals surface area contributed by atoms with Gasteiger partial charge in [0.05, 0.1) is 4.92 Å². The highest BCUT2D eigenvalue weighted by molar-refractivity contribution is 6.04. The number of benzene rings is 3. The Hall–Kier alpha value is -4.00. The zero-order valence-electron chi connectivity index (χ0n) is 14.0. The molecule has 1 amide bonds. The number of amides is 1. The number of carbonyl (C=O) groups excluding carboxylic acids is 1. The number of fused-ring (bicyclic) bond motifs is 1. The van der Waals surface area contributed by atoms with Crippen LogP contribution in [0.25, 0.3) is 22.6 Å². The summed E-state index contributed by atoms with van der Waals surface area (Å²) < 4.78 is 5.72. The Morgan fingerprint density at radius 2 is 1.67 bits per heavy atom. The Labute approximate surface area is 153 Å². The van der Waals surface area contributed by atoms with E-state index in [1.54, 1.807) is 24.3 Å². The van der Waals surface area contributed by atoms with Crippen LogP contribution in [-0.2, 0) is 0 Å². The van der Waals surface area contributed by atoms with Crippen LogP contribution in [0, 0.1) is 10.1 Å². The first-order valence-electron chi connectivity index (χ1n) is 8.12. The van der Waals surface area contributed by atoms with Crippen molar-refractivity contribution in [3.05, 3.63) is 88.5 Å². The van der Waals surface area contributed by atoms with Crippen molar-refractivity contribution in [3.63, 3.8) is 0 Å². The minimum Gasteiger partial charge on any atom is -0.436 e. The number of hydrogen-bond acceptors (Lipinski definition) is 5. The predicted octanol–water partition coefficient (Wildman–Crippen LogP) is 4.66. The maximum absolute atomic E-state index is 12.3. The van der Waals surface area contributed by atoms with Crippen molar-refractivity contribution in [2.24, 2.45) is 0 Å². The molecule has 1 N–H and O–H groups in total. The van der Waals surface area contributed by atoms with Crippen molar-refractivity contribution in [1.82, 2.24) is 4.98 Å². The predicted molar refractivity (Wildman–Crippen MR) is 100 cm³/mol. The smallest absolute Gasteiger partial charge is 0.269 e. The number of nitrogens with one attached hydrogen (secondary N) is 1. The summed E-state index contributed by atoms with van der Waals surface area (Å²) in [5, 5.41) is 13.4. The summed E-state index contributed by atoms with van der Waals surface area (Å²) in [5.74, 6) is 0.156. The van der Waals surface area contributed by atoms with Crippen LogP contribution in [0.4, 0.5) is 11.4 Å². The van der Waals surface area contributed by atoms with E-state index in [9.17, 15) is 14.9 Å². The zero-order chi connectivity index (χ0) is 18.8. The Kier molecular flexibility index (Phi) is 4.10. The highest BCUT2D eigenvalue weighted by Gasteiger charge is 2.11. The number of aromatic nitrogens is 1. The lowest BCUT2D eigenvalue weighted by atomic mass is 10.1. The van der Waals surface area contributed by atoms with Crippen molar-refractivity contribution in [3.8, 4) is 11.5 Å².